The van der Waals surface area contributed by atoms with E-state index in [-0.39, 0.29) is 18.0 Å². The molecule has 1 aliphatic carbocycles. The number of rotatable bonds is 2. The smallest absolute Gasteiger partial charge is 0.254 e. The number of hydrogen-bond acceptors (Lipinski definition) is 2. The molecule has 1 aromatic rings. The first kappa shape index (κ1) is 18.4. The molecular formula is C21H27BrN2O. The molecule has 0 bridgehead atoms. The lowest BCUT2D eigenvalue weighted by Crippen LogP contribution is -2.57. The van der Waals surface area contributed by atoms with E-state index in [1.165, 1.54) is 11.1 Å². The van der Waals surface area contributed by atoms with Gasteiger partial charge in [-0.25, -0.2) is 0 Å². The van der Waals surface area contributed by atoms with Gasteiger partial charge in [-0.15, -0.1) is 0 Å². The number of fused-ring (bicyclic) bond motifs is 2. The number of piperazine rings is 1. The Hall–Kier alpha value is -1.39. The molecule has 1 saturated heterocycles. The van der Waals surface area contributed by atoms with Crippen LogP contribution in [-0.2, 0) is 11.3 Å². The van der Waals surface area contributed by atoms with E-state index < -0.39 is 0 Å². The quantitative estimate of drug-likeness (QED) is 0.726. The summed E-state index contributed by atoms with van der Waals surface area (Å²) in [6.07, 6.45) is 4.07. The van der Waals surface area contributed by atoms with Crippen LogP contribution in [0.25, 0.3) is 0 Å². The molecule has 1 amide bonds. The molecule has 1 fully saturated rings. The first-order valence-electron chi connectivity index (χ1n) is 9.31. The minimum absolute atomic E-state index is 0.230. The zero-order valence-corrected chi connectivity index (χ0v) is 16.9. The fraction of sp³-hybridized carbons (Fsp3) is 0.476. The molecule has 0 aromatic heterocycles. The second kappa shape index (κ2) is 7.88. The third kappa shape index (κ3) is 3.61. The normalized spacial score (nSPS) is 25.8. The first-order valence-corrected chi connectivity index (χ1v) is 10.1. The van der Waals surface area contributed by atoms with Crippen molar-refractivity contribution in [2.24, 2.45) is 0 Å². The Labute approximate surface area is 159 Å². The van der Waals surface area contributed by atoms with Crippen LogP contribution in [0.2, 0.25) is 0 Å². The summed E-state index contributed by atoms with van der Waals surface area (Å²) in [7, 11) is 0. The number of allylic oxidation sites excluding steroid dienone is 1. The molecule has 0 N–H and O–H groups in total. The first-order chi connectivity index (χ1) is 12.1. The molecule has 25 heavy (non-hydrogen) atoms. The predicted molar refractivity (Wildman–Crippen MR) is 106 cm³/mol. The van der Waals surface area contributed by atoms with Crippen LogP contribution in [0, 0.1) is 0 Å². The van der Waals surface area contributed by atoms with Gasteiger partial charge in [0.1, 0.15) is 0 Å². The van der Waals surface area contributed by atoms with Gasteiger partial charge in [0.05, 0.1) is 6.04 Å². The van der Waals surface area contributed by atoms with Crippen LogP contribution in [0.4, 0.5) is 0 Å². The molecule has 0 spiro atoms. The molecule has 2 atom stereocenters. The number of carbonyl (C=O) groups is 1. The number of carbonyl (C=O) groups excluding carboxylic acids is 1. The third-order valence-electron chi connectivity index (χ3n) is 5.16. The van der Waals surface area contributed by atoms with Crippen molar-refractivity contribution in [3.8, 4) is 0 Å². The maximum Gasteiger partial charge on any atom is 0.254 e. The van der Waals surface area contributed by atoms with Crippen molar-refractivity contribution in [3.63, 3.8) is 0 Å². The van der Waals surface area contributed by atoms with E-state index in [0.717, 1.165) is 42.5 Å². The molecule has 4 heteroatoms. The summed E-state index contributed by atoms with van der Waals surface area (Å²) in [6.45, 7) is 9.04. The highest BCUT2D eigenvalue weighted by Crippen LogP contribution is 2.40. The van der Waals surface area contributed by atoms with Crippen molar-refractivity contribution in [1.29, 1.82) is 0 Å². The Morgan fingerprint density at radius 2 is 1.84 bits per heavy atom. The maximum absolute atomic E-state index is 12.8. The van der Waals surface area contributed by atoms with Crippen molar-refractivity contribution in [3.05, 3.63) is 57.6 Å². The molecule has 0 radical (unpaired) electrons. The largest absolute Gasteiger partial charge is 0.327 e. The molecule has 0 saturated carbocycles. The van der Waals surface area contributed by atoms with Gasteiger partial charge in [-0.2, -0.15) is 0 Å². The SMILES string of the molecule is CC.CC1CN(Cc2ccccc2)CC2C3=C(C=C(Br)CC3)C(=O)N12. The Morgan fingerprint density at radius 3 is 2.56 bits per heavy atom. The van der Waals surface area contributed by atoms with Gasteiger partial charge < -0.3 is 4.90 Å². The van der Waals surface area contributed by atoms with Crippen LogP contribution in [0.5, 0.6) is 0 Å². The molecule has 2 heterocycles. The molecule has 134 valence electrons. The summed E-state index contributed by atoms with van der Waals surface area (Å²) in [4.78, 5) is 17.4. The number of hydrogen-bond donors (Lipinski definition) is 0. The second-order valence-corrected chi connectivity index (χ2v) is 7.81. The average molecular weight is 403 g/mol. The van der Waals surface area contributed by atoms with Crippen LogP contribution in [0.1, 0.15) is 39.2 Å². The summed E-state index contributed by atoms with van der Waals surface area (Å²) in [6, 6.07) is 11.1. The van der Waals surface area contributed by atoms with Crippen molar-refractivity contribution in [2.45, 2.75) is 52.2 Å². The van der Waals surface area contributed by atoms with Gasteiger partial charge in [0.15, 0.2) is 0 Å². The molecule has 3 nitrogen and oxygen atoms in total. The van der Waals surface area contributed by atoms with E-state index in [1.54, 1.807) is 0 Å². The lowest BCUT2D eigenvalue weighted by molar-refractivity contribution is -0.131. The minimum Gasteiger partial charge on any atom is -0.327 e. The van der Waals surface area contributed by atoms with Gasteiger partial charge in [0.2, 0.25) is 0 Å². The topological polar surface area (TPSA) is 23.6 Å². The van der Waals surface area contributed by atoms with E-state index in [0.29, 0.717) is 0 Å². The summed E-state index contributed by atoms with van der Waals surface area (Å²) >= 11 is 3.57. The zero-order valence-electron chi connectivity index (χ0n) is 15.3. The Morgan fingerprint density at radius 1 is 1.12 bits per heavy atom. The van der Waals surface area contributed by atoms with Crippen molar-refractivity contribution in [1.82, 2.24) is 9.80 Å². The highest BCUT2D eigenvalue weighted by molar-refractivity contribution is 9.11. The summed E-state index contributed by atoms with van der Waals surface area (Å²) in [5, 5.41) is 0. The van der Waals surface area contributed by atoms with Crippen LogP contribution in [-0.4, -0.2) is 40.9 Å². The number of amides is 1. The van der Waals surface area contributed by atoms with Gasteiger partial charge in [-0.3, -0.25) is 9.69 Å². The fourth-order valence-corrected chi connectivity index (χ4v) is 4.59. The zero-order chi connectivity index (χ0) is 18.0. The van der Waals surface area contributed by atoms with Crippen molar-refractivity contribution >= 4 is 21.8 Å². The van der Waals surface area contributed by atoms with Crippen molar-refractivity contribution in [2.75, 3.05) is 13.1 Å². The number of halogens is 1. The second-order valence-electron chi connectivity index (χ2n) is 6.79. The molecular weight excluding hydrogens is 376 g/mol. The molecule has 2 aliphatic heterocycles. The van der Waals surface area contributed by atoms with Gasteiger partial charge in [-0.1, -0.05) is 60.1 Å². The van der Waals surface area contributed by atoms with E-state index in [1.807, 2.05) is 19.9 Å². The van der Waals surface area contributed by atoms with Crippen LogP contribution in [0.3, 0.4) is 0 Å². The van der Waals surface area contributed by atoms with Gasteiger partial charge in [0.25, 0.3) is 5.91 Å². The highest BCUT2D eigenvalue weighted by Gasteiger charge is 2.44. The van der Waals surface area contributed by atoms with E-state index in [9.17, 15) is 4.79 Å². The molecule has 2 unspecified atom stereocenters. The molecule has 1 aromatic carbocycles. The Balaban J connectivity index is 0.000000880. The lowest BCUT2D eigenvalue weighted by Gasteiger charge is -2.43. The van der Waals surface area contributed by atoms with Crippen molar-refractivity contribution < 1.29 is 4.79 Å². The summed E-state index contributed by atoms with van der Waals surface area (Å²) < 4.78 is 1.15. The summed E-state index contributed by atoms with van der Waals surface area (Å²) in [5.41, 5.74) is 3.64. The predicted octanol–water partition coefficient (Wildman–Crippen LogP) is 4.50. The third-order valence-corrected chi connectivity index (χ3v) is 5.79. The van der Waals surface area contributed by atoms with Gasteiger partial charge in [-0.05, 0) is 41.5 Å². The van der Waals surface area contributed by atoms with Crippen LogP contribution in [0.15, 0.2) is 52.0 Å². The van der Waals surface area contributed by atoms with E-state index >= 15 is 0 Å². The summed E-state index contributed by atoms with van der Waals surface area (Å²) in [5.74, 6) is 0.230. The highest BCUT2D eigenvalue weighted by atomic mass is 79.9. The van der Waals surface area contributed by atoms with E-state index in [4.69, 9.17) is 0 Å². The molecule has 4 rings (SSSR count). The fourth-order valence-electron chi connectivity index (χ4n) is 4.16. The lowest BCUT2D eigenvalue weighted by atomic mass is 9.93. The maximum atomic E-state index is 12.8. The van der Waals surface area contributed by atoms with Gasteiger partial charge >= 0.3 is 0 Å². The van der Waals surface area contributed by atoms with E-state index in [2.05, 4.69) is 63.0 Å². The Bertz CT molecular complexity index is 695. The van der Waals surface area contributed by atoms with Gasteiger partial charge in [0, 0.05) is 31.2 Å². The standard InChI is InChI=1S/C19H21BrN2O.C2H6/c1-13-10-21(11-14-5-3-2-4-6-14)12-18-16-8-7-15(20)9-17(16)19(23)22(13)18;1-2/h2-6,9,13,18H,7-8,10-12H2,1H3;1-2H3. The number of benzene rings is 1. The Kier molecular flexibility index (Phi) is 5.80. The van der Waals surface area contributed by atoms with Crippen LogP contribution >= 0.6 is 15.9 Å². The van der Waals surface area contributed by atoms with Crippen LogP contribution < -0.4 is 0 Å². The monoisotopic (exact) mass is 402 g/mol. The molecule has 3 aliphatic rings. The average Bonchev–Trinajstić information content (AvgIpc) is 2.90. The minimum atomic E-state index is 0.230. The number of nitrogens with zero attached hydrogens (tertiary/aromatic N) is 2.